The molecule has 0 spiro atoms. The lowest BCUT2D eigenvalue weighted by molar-refractivity contribution is -0.226. The summed E-state index contributed by atoms with van der Waals surface area (Å²) in [4.78, 5) is 50.3. The molecule has 3 aliphatic heterocycles. The van der Waals surface area contributed by atoms with Gasteiger partial charge in [0, 0.05) is 13.8 Å². The van der Waals surface area contributed by atoms with Gasteiger partial charge in [0.05, 0.1) is 23.6 Å². The molecule has 3 heterocycles. The molecular formula is C19H17NO7. The molecule has 4 rings (SSSR count). The van der Waals surface area contributed by atoms with E-state index < -0.39 is 53.6 Å². The van der Waals surface area contributed by atoms with Gasteiger partial charge in [-0.15, -0.1) is 0 Å². The molecule has 8 nitrogen and oxygen atoms in total. The number of hydrogen-bond acceptors (Lipinski definition) is 7. The molecule has 1 aromatic carbocycles. The van der Waals surface area contributed by atoms with Crippen LogP contribution in [0.2, 0.25) is 0 Å². The highest BCUT2D eigenvalue weighted by atomic mass is 16.7. The first kappa shape index (κ1) is 17.4. The van der Waals surface area contributed by atoms with Crippen LogP contribution in [0, 0.1) is 11.8 Å². The van der Waals surface area contributed by atoms with Gasteiger partial charge in [0.25, 0.3) is 6.29 Å². The minimum absolute atomic E-state index is 0.392. The quantitative estimate of drug-likeness (QED) is 0.336. The second kappa shape index (κ2) is 6.02. The number of para-hydroxylation sites is 1. The summed E-state index contributed by atoms with van der Waals surface area (Å²) in [5.41, 5.74) is -1.07. The van der Waals surface area contributed by atoms with E-state index in [1.54, 1.807) is 42.5 Å². The molecule has 2 fully saturated rings. The van der Waals surface area contributed by atoms with Crippen molar-refractivity contribution >= 4 is 29.4 Å². The predicted molar refractivity (Wildman–Crippen MR) is 90.0 cm³/mol. The lowest BCUT2D eigenvalue weighted by Crippen LogP contribution is -2.52. The number of anilines is 1. The molecule has 3 aliphatic rings. The lowest BCUT2D eigenvalue weighted by Gasteiger charge is -2.34. The van der Waals surface area contributed by atoms with Gasteiger partial charge in [0.2, 0.25) is 11.8 Å². The van der Waals surface area contributed by atoms with Gasteiger partial charge in [-0.2, -0.15) is 0 Å². The Balaban J connectivity index is 1.75. The summed E-state index contributed by atoms with van der Waals surface area (Å²) in [7, 11) is 0. The molecule has 140 valence electrons. The summed E-state index contributed by atoms with van der Waals surface area (Å²) in [5, 5.41) is 0. The molecule has 2 saturated heterocycles. The highest BCUT2D eigenvalue weighted by Crippen LogP contribution is 2.54. The minimum Gasteiger partial charge on any atom is -0.422 e. The molecule has 0 N–H and O–H groups in total. The predicted octanol–water partition coefficient (Wildman–Crippen LogP) is 0.952. The zero-order valence-corrected chi connectivity index (χ0v) is 14.7. The minimum atomic E-state index is -1.52. The van der Waals surface area contributed by atoms with E-state index in [1.165, 1.54) is 0 Å². The van der Waals surface area contributed by atoms with Crippen molar-refractivity contribution < 1.29 is 33.4 Å². The van der Waals surface area contributed by atoms with Crippen LogP contribution in [0.15, 0.2) is 42.5 Å². The number of ether oxygens (including phenoxy) is 3. The van der Waals surface area contributed by atoms with E-state index in [1.807, 2.05) is 0 Å². The molecular weight excluding hydrogens is 354 g/mol. The number of benzene rings is 1. The molecule has 0 aliphatic carbocycles. The maximum atomic E-state index is 13.2. The normalized spacial score (nSPS) is 30.8. The fraction of sp³-hybridized carbons (Fsp3) is 0.368. The van der Waals surface area contributed by atoms with E-state index in [2.05, 4.69) is 0 Å². The Morgan fingerprint density at radius 3 is 2.30 bits per heavy atom. The number of carbonyl (C=O) groups excluding carboxylic acids is 4. The second-order valence-electron chi connectivity index (χ2n) is 6.70. The van der Waals surface area contributed by atoms with Crippen LogP contribution in [0.1, 0.15) is 13.8 Å². The number of fused-ring (bicyclic) bond motifs is 5. The van der Waals surface area contributed by atoms with Crippen LogP contribution in [0.3, 0.4) is 0 Å². The van der Waals surface area contributed by atoms with Crippen LogP contribution in [-0.4, -0.2) is 41.7 Å². The molecule has 8 heteroatoms. The Morgan fingerprint density at radius 2 is 1.70 bits per heavy atom. The van der Waals surface area contributed by atoms with Crippen LogP contribution in [0.5, 0.6) is 0 Å². The monoisotopic (exact) mass is 371 g/mol. The van der Waals surface area contributed by atoms with Crippen molar-refractivity contribution in [1.29, 1.82) is 0 Å². The molecule has 27 heavy (non-hydrogen) atoms. The highest BCUT2D eigenvalue weighted by Gasteiger charge is 2.72. The molecule has 0 radical (unpaired) electrons. The Morgan fingerprint density at radius 1 is 1.07 bits per heavy atom. The Hall–Kier alpha value is -3.00. The Labute approximate surface area is 154 Å². The van der Waals surface area contributed by atoms with E-state index in [0.717, 1.165) is 18.7 Å². The smallest absolute Gasteiger partial charge is 0.305 e. The number of carbonyl (C=O) groups is 4. The van der Waals surface area contributed by atoms with Crippen molar-refractivity contribution in [3.05, 3.63) is 42.5 Å². The zero-order chi connectivity index (χ0) is 19.3. The molecule has 0 aromatic heterocycles. The maximum absolute atomic E-state index is 13.2. The molecule has 2 bridgehead atoms. The average Bonchev–Trinajstić information content (AvgIpc) is 3.26. The first-order chi connectivity index (χ1) is 12.8. The van der Waals surface area contributed by atoms with Crippen molar-refractivity contribution in [2.75, 3.05) is 4.90 Å². The molecule has 4 unspecified atom stereocenters. The SMILES string of the molecule is CC(=O)OC(OC(C)=O)C12C=CC(O1)C1C(=O)N(c3ccccc3)C(=O)C12. The lowest BCUT2D eigenvalue weighted by atomic mass is 9.76. The number of amides is 2. The van der Waals surface area contributed by atoms with Crippen molar-refractivity contribution in [2.24, 2.45) is 11.8 Å². The number of nitrogens with zero attached hydrogens (tertiary/aromatic N) is 1. The first-order valence-corrected chi connectivity index (χ1v) is 8.49. The topological polar surface area (TPSA) is 99.2 Å². The molecule has 1 aromatic rings. The third-order valence-electron chi connectivity index (χ3n) is 5.01. The van der Waals surface area contributed by atoms with Crippen molar-refractivity contribution in [3.63, 3.8) is 0 Å². The van der Waals surface area contributed by atoms with Gasteiger partial charge < -0.3 is 14.2 Å². The molecule has 0 saturated carbocycles. The fourth-order valence-electron chi connectivity index (χ4n) is 4.05. The Kier molecular flexibility index (Phi) is 3.88. The third kappa shape index (κ3) is 2.48. The van der Waals surface area contributed by atoms with Gasteiger partial charge in [-0.3, -0.25) is 19.2 Å². The van der Waals surface area contributed by atoms with Crippen LogP contribution >= 0.6 is 0 Å². The fourth-order valence-corrected chi connectivity index (χ4v) is 4.05. The van der Waals surface area contributed by atoms with Crippen molar-refractivity contribution in [1.82, 2.24) is 0 Å². The van der Waals surface area contributed by atoms with Crippen molar-refractivity contribution in [3.8, 4) is 0 Å². The van der Waals surface area contributed by atoms with Gasteiger partial charge in [-0.1, -0.05) is 24.3 Å². The number of hydrogen-bond donors (Lipinski definition) is 0. The van der Waals surface area contributed by atoms with E-state index >= 15 is 0 Å². The standard InChI is InChI=1S/C19H17NO7/c1-10(21)25-18(26-11(2)22)19-9-8-13(27-19)14-15(19)17(24)20(16(14)23)12-6-4-3-5-7-12/h3-9,13-15,18H,1-2H3. The largest absolute Gasteiger partial charge is 0.422 e. The zero-order valence-electron chi connectivity index (χ0n) is 14.7. The van der Waals surface area contributed by atoms with Gasteiger partial charge >= 0.3 is 11.9 Å². The van der Waals surface area contributed by atoms with Crippen LogP contribution in [0.25, 0.3) is 0 Å². The van der Waals surface area contributed by atoms with Crippen LogP contribution < -0.4 is 4.90 Å². The van der Waals surface area contributed by atoms with Crippen molar-refractivity contribution in [2.45, 2.75) is 31.8 Å². The van der Waals surface area contributed by atoms with E-state index in [0.29, 0.717) is 5.69 Å². The number of esters is 2. The van der Waals surface area contributed by atoms with Gasteiger partial charge in [0.1, 0.15) is 0 Å². The van der Waals surface area contributed by atoms with Crippen LogP contribution in [0.4, 0.5) is 5.69 Å². The summed E-state index contributed by atoms with van der Waals surface area (Å²) in [6.07, 6.45) is 1.07. The van der Waals surface area contributed by atoms with Crippen LogP contribution in [-0.2, 0) is 33.4 Å². The summed E-state index contributed by atoms with van der Waals surface area (Å²) >= 11 is 0. The highest BCUT2D eigenvalue weighted by molar-refractivity contribution is 6.23. The number of rotatable bonds is 4. The van der Waals surface area contributed by atoms with E-state index in [4.69, 9.17) is 14.2 Å². The Bertz CT molecular complexity index is 848. The summed E-state index contributed by atoms with van der Waals surface area (Å²) in [6, 6.07) is 8.56. The molecule has 4 atom stereocenters. The summed E-state index contributed by atoms with van der Waals surface area (Å²) in [6.45, 7) is 2.32. The van der Waals surface area contributed by atoms with Gasteiger partial charge in [0.15, 0.2) is 5.60 Å². The van der Waals surface area contributed by atoms with Gasteiger partial charge in [-0.05, 0) is 18.2 Å². The summed E-state index contributed by atoms with van der Waals surface area (Å²) < 4.78 is 16.2. The second-order valence-corrected chi connectivity index (χ2v) is 6.70. The van der Waals surface area contributed by atoms with E-state index in [-0.39, 0.29) is 0 Å². The van der Waals surface area contributed by atoms with Gasteiger partial charge in [-0.25, -0.2) is 4.90 Å². The average molecular weight is 371 g/mol. The third-order valence-corrected chi connectivity index (χ3v) is 5.01. The first-order valence-electron chi connectivity index (χ1n) is 8.49. The summed E-state index contributed by atoms with van der Waals surface area (Å²) in [5.74, 6) is -3.99. The maximum Gasteiger partial charge on any atom is 0.305 e. The van der Waals surface area contributed by atoms with E-state index in [9.17, 15) is 19.2 Å². The number of imide groups is 1. The molecule has 2 amide bonds.